The number of hydrogen-bond acceptors (Lipinski definition) is 3. The highest BCUT2D eigenvalue weighted by molar-refractivity contribution is 7.99. The van der Waals surface area contributed by atoms with Crippen molar-refractivity contribution in [3.8, 4) is 0 Å². The average molecular weight is 252 g/mol. The second kappa shape index (κ2) is 7.51. The molecule has 3 heteroatoms. The molecule has 0 saturated carbocycles. The largest absolute Gasteiger partial charge is 0.396 e. The van der Waals surface area contributed by atoms with Crippen LogP contribution < -0.4 is 0 Å². The molecule has 0 amide bonds. The molecule has 1 N–H and O–H groups in total. The van der Waals surface area contributed by atoms with Crippen LogP contribution in [0, 0.1) is 5.92 Å². The lowest BCUT2D eigenvalue weighted by Gasteiger charge is -2.06. The van der Waals surface area contributed by atoms with Crippen molar-refractivity contribution in [2.45, 2.75) is 20.3 Å². The van der Waals surface area contributed by atoms with E-state index < -0.39 is 0 Å². The normalized spacial score (nSPS) is 12.4. The third-order valence-electron chi connectivity index (χ3n) is 2.63. The Labute approximate surface area is 107 Å². The second-order valence-electron chi connectivity index (χ2n) is 4.28. The Kier molecular flexibility index (Phi) is 6.30. The molecule has 0 aromatic heterocycles. The van der Waals surface area contributed by atoms with Crippen molar-refractivity contribution in [2.75, 3.05) is 18.1 Å². The van der Waals surface area contributed by atoms with Gasteiger partial charge in [0, 0.05) is 12.2 Å². The zero-order chi connectivity index (χ0) is 12.7. The lowest BCUT2D eigenvalue weighted by Crippen LogP contribution is -2.08. The molecule has 0 saturated heterocycles. The number of Topliss-reactive ketones (excluding diaryl/α,β-unsaturated/α-hetero) is 1. The number of benzene rings is 1. The molecule has 0 aliphatic rings. The van der Waals surface area contributed by atoms with Crippen LogP contribution in [-0.4, -0.2) is 29.0 Å². The predicted molar refractivity (Wildman–Crippen MR) is 73.7 cm³/mol. The van der Waals surface area contributed by atoms with E-state index in [-0.39, 0.29) is 18.3 Å². The van der Waals surface area contributed by atoms with Gasteiger partial charge >= 0.3 is 0 Å². The molecular formula is C14H20O2S. The summed E-state index contributed by atoms with van der Waals surface area (Å²) in [6, 6.07) is 7.82. The minimum atomic E-state index is 0.169. The Morgan fingerprint density at radius 3 is 2.53 bits per heavy atom. The molecular weight excluding hydrogens is 232 g/mol. The lowest BCUT2D eigenvalue weighted by molar-refractivity contribution is 0.102. The van der Waals surface area contributed by atoms with Crippen molar-refractivity contribution in [1.82, 2.24) is 0 Å². The fourth-order valence-electron chi connectivity index (χ4n) is 1.42. The van der Waals surface area contributed by atoms with Crippen LogP contribution in [0.4, 0.5) is 0 Å². The monoisotopic (exact) mass is 252 g/mol. The molecule has 1 unspecified atom stereocenters. The highest BCUT2D eigenvalue weighted by Crippen LogP contribution is 2.12. The maximum absolute atomic E-state index is 11.8. The lowest BCUT2D eigenvalue weighted by atomic mass is 10.1. The van der Waals surface area contributed by atoms with E-state index in [1.165, 1.54) is 5.56 Å². The van der Waals surface area contributed by atoms with Gasteiger partial charge < -0.3 is 5.11 Å². The number of carbonyl (C=O) groups is 1. The van der Waals surface area contributed by atoms with Crippen molar-refractivity contribution in [3.05, 3.63) is 35.4 Å². The first-order chi connectivity index (χ1) is 8.17. The van der Waals surface area contributed by atoms with E-state index in [1.54, 1.807) is 11.8 Å². The minimum Gasteiger partial charge on any atom is -0.396 e. The third-order valence-corrected chi connectivity index (χ3v) is 3.90. The molecule has 1 aromatic carbocycles. The van der Waals surface area contributed by atoms with Gasteiger partial charge in [0.25, 0.3) is 0 Å². The van der Waals surface area contributed by atoms with Crippen LogP contribution in [0.1, 0.15) is 29.8 Å². The number of aliphatic hydroxyl groups is 1. The van der Waals surface area contributed by atoms with Gasteiger partial charge in [-0.3, -0.25) is 4.79 Å². The fraction of sp³-hybridized carbons (Fsp3) is 0.500. The number of rotatable bonds is 7. The number of hydrogen-bond donors (Lipinski definition) is 1. The average Bonchev–Trinajstić information content (AvgIpc) is 2.38. The van der Waals surface area contributed by atoms with Gasteiger partial charge in [-0.05, 0) is 23.7 Å². The van der Waals surface area contributed by atoms with Gasteiger partial charge in [0.05, 0.1) is 5.75 Å². The van der Waals surface area contributed by atoms with Crippen LogP contribution in [0.5, 0.6) is 0 Å². The van der Waals surface area contributed by atoms with Gasteiger partial charge in [-0.15, -0.1) is 0 Å². The summed E-state index contributed by atoms with van der Waals surface area (Å²) in [5, 5.41) is 8.88. The molecule has 94 valence electrons. The van der Waals surface area contributed by atoms with Crippen LogP contribution in [-0.2, 0) is 6.42 Å². The molecule has 1 rings (SSSR count). The standard InChI is InChI=1S/C14H20O2S/c1-3-12-4-6-13(7-5-12)14(16)10-17-9-11(2)8-15/h4-7,11,15H,3,8-10H2,1-2H3. The highest BCUT2D eigenvalue weighted by Gasteiger charge is 2.07. The van der Waals surface area contributed by atoms with E-state index in [1.807, 2.05) is 31.2 Å². The summed E-state index contributed by atoms with van der Waals surface area (Å²) >= 11 is 1.59. The number of ketones is 1. The van der Waals surface area contributed by atoms with E-state index >= 15 is 0 Å². The predicted octanol–water partition coefficient (Wildman–Crippen LogP) is 2.79. The molecule has 0 heterocycles. The van der Waals surface area contributed by atoms with Gasteiger partial charge in [-0.25, -0.2) is 0 Å². The summed E-state index contributed by atoms with van der Waals surface area (Å²) in [5.41, 5.74) is 2.04. The first-order valence-electron chi connectivity index (χ1n) is 5.98. The van der Waals surface area contributed by atoms with Crippen molar-refractivity contribution >= 4 is 17.5 Å². The summed E-state index contributed by atoms with van der Waals surface area (Å²) in [6.45, 7) is 4.27. The summed E-state index contributed by atoms with van der Waals surface area (Å²) in [7, 11) is 0. The summed E-state index contributed by atoms with van der Waals surface area (Å²) in [5.74, 6) is 1.75. The molecule has 0 spiro atoms. The molecule has 2 nitrogen and oxygen atoms in total. The highest BCUT2D eigenvalue weighted by atomic mass is 32.2. The van der Waals surface area contributed by atoms with E-state index in [9.17, 15) is 4.79 Å². The van der Waals surface area contributed by atoms with Crippen LogP contribution in [0.15, 0.2) is 24.3 Å². The SMILES string of the molecule is CCc1ccc(C(=O)CSCC(C)CO)cc1. The first kappa shape index (κ1) is 14.3. The van der Waals surface area contributed by atoms with Crippen molar-refractivity contribution in [3.63, 3.8) is 0 Å². The Balaban J connectivity index is 2.41. The van der Waals surface area contributed by atoms with Crippen molar-refractivity contribution < 1.29 is 9.90 Å². The van der Waals surface area contributed by atoms with Crippen LogP contribution in [0.25, 0.3) is 0 Å². The number of carbonyl (C=O) groups excluding carboxylic acids is 1. The fourth-order valence-corrected chi connectivity index (χ4v) is 2.39. The Morgan fingerprint density at radius 2 is 2.00 bits per heavy atom. The molecule has 0 radical (unpaired) electrons. The Morgan fingerprint density at radius 1 is 1.35 bits per heavy atom. The molecule has 17 heavy (non-hydrogen) atoms. The van der Waals surface area contributed by atoms with Crippen LogP contribution >= 0.6 is 11.8 Å². The number of thioether (sulfide) groups is 1. The number of aryl methyl sites for hydroxylation is 1. The first-order valence-corrected chi connectivity index (χ1v) is 7.13. The summed E-state index contributed by atoms with van der Waals surface area (Å²) < 4.78 is 0. The molecule has 0 aliphatic heterocycles. The van der Waals surface area contributed by atoms with Crippen LogP contribution in [0.3, 0.4) is 0 Å². The van der Waals surface area contributed by atoms with E-state index in [2.05, 4.69) is 6.92 Å². The zero-order valence-corrected chi connectivity index (χ0v) is 11.3. The minimum absolute atomic E-state index is 0.169. The van der Waals surface area contributed by atoms with E-state index in [0.717, 1.165) is 17.7 Å². The zero-order valence-electron chi connectivity index (χ0n) is 10.5. The van der Waals surface area contributed by atoms with Gasteiger partial charge in [0.15, 0.2) is 5.78 Å². The molecule has 0 fully saturated rings. The quantitative estimate of drug-likeness (QED) is 0.758. The number of aliphatic hydroxyl groups excluding tert-OH is 1. The van der Waals surface area contributed by atoms with Gasteiger partial charge in [0.2, 0.25) is 0 Å². The van der Waals surface area contributed by atoms with E-state index in [4.69, 9.17) is 5.11 Å². The Hall–Kier alpha value is -0.800. The summed E-state index contributed by atoms with van der Waals surface area (Å²) in [4.78, 5) is 11.8. The van der Waals surface area contributed by atoms with Crippen molar-refractivity contribution in [1.29, 1.82) is 0 Å². The van der Waals surface area contributed by atoms with Crippen LogP contribution in [0.2, 0.25) is 0 Å². The Bertz CT molecular complexity index is 346. The van der Waals surface area contributed by atoms with Gasteiger partial charge in [0.1, 0.15) is 0 Å². The third kappa shape index (κ3) is 4.92. The van der Waals surface area contributed by atoms with Gasteiger partial charge in [-0.2, -0.15) is 11.8 Å². The second-order valence-corrected chi connectivity index (χ2v) is 5.31. The maximum atomic E-state index is 11.8. The van der Waals surface area contributed by atoms with Gasteiger partial charge in [-0.1, -0.05) is 38.1 Å². The molecule has 0 aliphatic carbocycles. The molecule has 0 bridgehead atoms. The smallest absolute Gasteiger partial charge is 0.172 e. The van der Waals surface area contributed by atoms with E-state index in [0.29, 0.717) is 5.75 Å². The van der Waals surface area contributed by atoms with Crippen molar-refractivity contribution in [2.24, 2.45) is 5.92 Å². The molecule has 1 atom stereocenters. The maximum Gasteiger partial charge on any atom is 0.172 e. The molecule has 1 aromatic rings. The summed E-state index contributed by atoms with van der Waals surface area (Å²) in [6.07, 6.45) is 0.997. The topological polar surface area (TPSA) is 37.3 Å².